The molecule has 106 valence electrons. The maximum Gasteiger partial charge on any atom is 0.132 e. The SMILES string of the molecule is COCCc1ccc(Oc2ccc(F)cc2CCl)cc1. The van der Waals surface area contributed by atoms with Gasteiger partial charge < -0.3 is 9.47 Å². The predicted octanol–water partition coefficient (Wildman–Crippen LogP) is 4.55. The van der Waals surface area contributed by atoms with E-state index in [-0.39, 0.29) is 11.7 Å². The third kappa shape index (κ3) is 3.95. The Kier molecular flexibility index (Phi) is 5.39. The fraction of sp³-hybridized carbons (Fsp3) is 0.250. The van der Waals surface area contributed by atoms with Crippen LogP contribution in [0.5, 0.6) is 11.5 Å². The molecule has 0 saturated carbocycles. The van der Waals surface area contributed by atoms with E-state index in [0.717, 1.165) is 6.42 Å². The molecule has 0 radical (unpaired) electrons. The third-order valence-electron chi connectivity index (χ3n) is 2.91. The molecule has 0 atom stereocenters. The summed E-state index contributed by atoms with van der Waals surface area (Å²) in [6, 6.07) is 12.1. The Morgan fingerprint density at radius 2 is 1.85 bits per heavy atom. The van der Waals surface area contributed by atoms with Crippen LogP contribution in [0.4, 0.5) is 4.39 Å². The lowest BCUT2D eigenvalue weighted by atomic mass is 10.1. The molecule has 0 saturated heterocycles. The maximum atomic E-state index is 13.1. The number of methoxy groups -OCH3 is 1. The van der Waals surface area contributed by atoms with E-state index in [2.05, 4.69) is 0 Å². The van der Waals surface area contributed by atoms with Gasteiger partial charge in [0, 0.05) is 12.7 Å². The minimum absolute atomic E-state index is 0.207. The molecule has 0 unspecified atom stereocenters. The van der Waals surface area contributed by atoms with Gasteiger partial charge in [-0.15, -0.1) is 11.6 Å². The molecule has 2 aromatic rings. The Hall–Kier alpha value is -1.58. The fourth-order valence-electron chi connectivity index (χ4n) is 1.82. The summed E-state index contributed by atoms with van der Waals surface area (Å²) in [6.45, 7) is 0.689. The van der Waals surface area contributed by atoms with Crippen molar-refractivity contribution in [1.29, 1.82) is 0 Å². The molecule has 0 aliphatic carbocycles. The highest BCUT2D eigenvalue weighted by molar-refractivity contribution is 6.17. The summed E-state index contributed by atoms with van der Waals surface area (Å²) in [4.78, 5) is 0. The molecule has 0 amide bonds. The van der Waals surface area contributed by atoms with Crippen molar-refractivity contribution >= 4 is 11.6 Å². The average Bonchev–Trinajstić information content (AvgIpc) is 2.48. The van der Waals surface area contributed by atoms with E-state index in [0.29, 0.717) is 23.7 Å². The molecule has 0 aromatic heterocycles. The molecule has 4 heteroatoms. The Morgan fingerprint density at radius 3 is 2.50 bits per heavy atom. The van der Waals surface area contributed by atoms with Gasteiger partial charge in [0.25, 0.3) is 0 Å². The molecule has 0 aliphatic rings. The average molecular weight is 295 g/mol. The monoisotopic (exact) mass is 294 g/mol. The van der Waals surface area contributed by atoms with Crippen LogP contribution in [0.1, 0.15) is 11.1 Å². The van der Waals surface area contributed by atoms with Gasteiger partial charge in [-0.2, -0.15) is 0 Å². The van der Waals surface area contributed by atoms with Gasteiger partial charge in [0.2, 0.25) is 0 Å². The van der Waals surface area contributed by atoms with Crippen LogP contribution in [-0.4, -0.2) is 13.7 Å². The second-order valence-corrected chi connectivity index (χ2v) is 4.64. The summed E-state index contributed by atoms with van der Waals surface area (Å²) in [5.41, 5.74) is 1.81. The highest BCUT2D eigenvalue weighted by atomic mass is 35.5. The van der Waals surface area contributed by atoms with Gasteiger partial charge in [-0.3, -0.25) is 0 Å². The molecule has 2 nitrogen and oxygen atoms in total. The number of alkyl halides is 1. The van der Waals surface area contributed by atoms with E-state index in [1.54, 1.807) is 13.2 Å². The lowest BCUT2D eigenvalue weighted by Gasteiger charge is -2.10. The summed E-state index contributed by atoms with van der Waals surface area (Å²) >= 11 is 5.79. The quantitative estimate of drug-likeness (QED) is 0.728. The first-order chi connectivity index (χ1) is 9.72. The molecular formula is C16H16ClFO2. The van der Waals surface area contributed by atoms with Crippen LogP contribution in [0.25, 0.3) is 0 Å². The molecule has 0 heterocycles. The fourth-order valence-corrected chi connectivity index (χ4v) is 2.03. The normalized spacial score (nSPS) is 10.6. The highest BCUT2D eigenvalue weighted by Crippen LogP contribution is 2.27. The van der Waals surface area contributed by atoms with Crippen molar-refractivity contribution in [2.75, 3.05) is 13.7 Å². The first-order valence-corrected chi connectivity index (χ1v) is 6.86. The second kappa shape index (κ2) is 7.27. The molecule has 2 rings (SSSR count). The molecule has 0 N–H and O–H groups in total. The lowest BCUT2D eigenvalue weighted by molar-refractivity contribution is 0.202. The topological polar surface area (TPSA) is 18.5 Å². The van der Waals surface area contributed by atoms with Crippen molar-refractivity contribution in [2.45, 2.75) is 12.3 Å². The zero-order valence-electron chi connectivity index (χ0n) is 11.2. The number of hydrogen-bond donors (Lipinski definition) is 0. The van der Waals surface area contributed by atoms with E-state index >= 15 is 0 Å². The van der Waals surface area contributed by atoms with Gasteiger partial charge in [0.1, 0.15) is 17.3 Å². The number of rotatable bonds is 6. The second-order valence-electron chi connectivity index (χ2n) is 4.37. The van der Waals surface area contributed by atoms with Gasteiger partial charge in [0.05, 0.1) is 12.5 Å². The first kappa shape index (κ1) is 14.8. The minimum atomic E-state index is -0.317. The van der Waals surface area contributed by atoms with Gasteiger partial charge in [-0.05, 0) is 42.3 Å². The summed E-state index contributed by atoms with van der Waals surface area (Å²) in [5, 5.41) is 0. The highest BCUT2D eigenvalue weighted by Gasteiger charge is 2.06. The van der Waals surface area contributed by atoms with Crippen molar-refractivity contribution in [2.24, 2.45) is 0 Å². The summed E-state index contributed by atoms with van der Waals surface area (Å²) < 4.78 is 23.9. The smallest absolute Gasteiger partial charge is 0.132 e. The largest absolute Gasteiger partial charge is 0.457 e. The van der Waals surface area contributed by atoms with Crippen LogP contribution in [-0.2, 0) is 17.0 Å². The molecule has 0 spiro atoms. The number of hydrogen-bond acceptors (Lipinski definition) is 2. The summed E-state index contributed by atoms with van der Waals surface area (Å²) in [5.74, 6) is 1.16. The van der Waals surface area contributed by atoms with Gasteiger partial charge >= 0.3 is 0 Å². The van der Waals surface area contributed by atoms with Gasteiger partial charge in [0.15, 0.2) is 0 Å². The van der Waals surface area contributed by atoms with Crippen LogP contribution in [0.3, 0.4) is 0 Å². The van der Waals surface area contributed by atoms with Crippen molar-refractivity contribution < 1.29 is 13.9 Å². The Labute approximate surface area is 123 Å². The van der Waals surface area contributed by atoms with Crippen LogP contribution >= 0.6 is 11.6 Å². The number of halogens is 2. The predicted molar refractivity (Wildman–Crippen MR) is 78.1 cm³/mol. The van der Waals surface area contributed by atoms with E-state index in [1.807, 2.05) is 24.3 Å². The van der Waals surface area contributed by atoms with E-state index in [4.69, 9.17) is 21.1 Å². The zero-order valence-corrected chi connectivity index (χ0v) is 12.0. The Bertz CT molecular complexity index is 555. The summed E-state index contributed by atoms with van der Waals surface area (Å²) in [7, 11) is 1.68. The van der Waals surface area contributed by atoms with Crippen LogP contribution in [0.2, 0.25) is 0 Å². The number of benzene rings is 2. The van der Waals surface area contributed by atoms with Gasteiger partial charge in [-0.25, -0.2) is 4.39 Å². The lowest BCUT2D eigenvalue weighted by Crippen LogP contribution is -1.95. The van der Waals surface area contributed by atoms with Crippen molar-refractivity contribution in [3.63, 3.8) is 0 Å². The van der Waals surface area contributed by atoms with Crippen LogP contribution < -0.4 is 4.74 Å². The minimum Gasteiger partial charge on any atom is -0.457 e. The zero-order chi connectivity index (χ0) is 14.4. The van der Waals surface area contributed by atoms with Crippen molar-refractivity contribution in [3.05, 3.63) is 59.4 Å². The molecule has 20 heavy (non-hydrogen) atoms. The molecule has 0 aliphatic heterocycles. The maximum absolute atomic E-state index is 13.1. The van der Waals surface area contributed by atoms with Gasteiger partial charge in [-0.1, -0.05) is 12.1 Å². The van der Waals surface area contributed by atoms with Crippen LogP contribution in [0.15, 0.2) is 42.5 Å². The molecular weight excluding hydrogens is 279 g/mol. The Balaban J connectivity index is 2.10. The summed E-state index contributed by atoms with van der Waals surface area (Å²) in [6.07, 6.45) is 0.861. The van der Waals surface area contributed by atoms with Crippen molar-refractivity contribution in [1.82, 2.24) is 0 Å². The van der Waals surface area contributed by atoms with Crippen LogP contribution in [0, 0.1) is 5.82 Å². The Morgan fingerprint density at radius 1 is 1.10 bits per heavy atom. The molecule has 0 bridgehead atoms. The third-order valence-corrected chi connectivity index (χ3v) is 3.20. The molecule has 0 fully saturated rings. The van der Waals surface area contributed by atoms with E-state index in [1.165, 1.54) is 17.7 Å². The van der Waals surface area contributed by atoms with E-state index < -0.39 is 0 Å². The number of ether oxygens (including phenoxy) is 2. The molecule has 2 aromatic carbocycles. The first-order valence-electron chi connectivity index (χ1n) is 6.33. The standard InChI is InChI=1S/C16H16ClFO2/c1-19-9-8-12-2-5-15(6-3-12)20-16-7-4-14(18)10-13(16)11-17/h2-7,10H,8-9,11H2,1H3. The van der Waals surface area contributed by atoms with Crippen molar-refractivity contribution in [3.8, 4) is 11.5 Å². The van der Waals surface area contributed by atoms with E-state index in [9.17, 15) is 4.39 Å².